The Morgan fingerprint density at radius 2 is 2.35 bits per heavy atom. The highest BCUT2D eigenvalue weighted by molar-refractivity contribution is 6.33. The maximum atomic E-state index is 10.8. The molecule has 0 radical (unpaired) electrons. The minimum atomic E-state index is -1.02. The van der Waals surface area contributed by atoms with Crippen LogP contribution < -0.4 is 5.32 Å². The number of hydrogen-bond acceptors (Lipinski definition) is 3. The summed E-state index contributed by atoms with van der Waals surface area (Å²) in [5.41, 5.74) is 0.826. The molecule has 2 rings (SSSR count). The monoisotopic (exact) mass is 255 g/mol. The average Bonchev–Trinajstić information content (AvgIpc) is 2.64. The summed E-state index contributed by atoms with van der Waals surface area (Å²) < 4.78 is 5.33. The highest BCUT2D eigenvalue weighted by Crippen LogP contribution is 2.27. The number of anilines is 1. The smallest absolute Gasteiger partial charge is 0.337 e. The van der Waals surface area contributed by atoms with Crippen molar-refractivity contribution >= 4 is 23.3 Å². The maximum Gasteiger partial charge on any atom is 0.337 e. The minimum Gasteiger partial charge on any atom is -0.478 e. The Bertz CT molecular complexity index is 441. The molecule has 0 saturated carbocycles. The van der Waals surface area contributed by atoms with Crippen molar-refractivity contribution in [3.63, 3.8) is 0 Å². The number of aromatic carboxylic acids is 1. The summed E-state index contributed by atoms with van der Waals surface area (Å²) in [6.07, 6.45) is 0.922. The van der Waals surface area contributed by atoms with Crippen LogP contribution in [0.2, 0.25) is 5.02 Å². The van der Waals surface area contributed by atoms with E-state index in [1.807, 2.05) is 0 Å². The van der Waals surface area contributed by atoms with Gasteiger partial charge in [-0.05, 0) is 31.5 Å². The van der Waals surface area contributed by atoms with E-state index in [9.17, 15) is 4.79 Å². The number of ether oxygens (including phenoxy) is 1. The third-order valence-corrected chi connectivity index (χ3v) is 3.18. The van der Waals surface area contributed by atoms with Gasteiger partial charge in [0, 0.05) is 12.3 Å². The first-order chi connectivity index (χ1) is 8.00. The summed E-state index contributed by atoms with van der Waals surface area (Å²) in [5.74, 6) is -1.02. The molecule has 1 saturated heterocycles. The number of benzene rings is 1. The summed E-state index contributed by atoms with van der Waals surface area (Å²) in [6.45, 7) is 3.45. The zero-order valence-corrected chi connectivity index (χ0v) is 10.3. The first-order valence-electron chi connectivity index (χ1n) is 5.39. The lowest BCUT2D eigenvalue weighted by atomic mass is 10.0. The molecule has 17 heavy (non-hydrogen) atoms. The van der Waals surface area contributed by atoms with Crippen molar-refractivity contribution in [3.8, 4) is 0 Å². The molecule has 5 heteroatoms. The number of carboxylic acids is 1. The van der Waals surface area contributed by atoms with Crippen LogP contribution in [-0.4, -0.2) is 29.8 Å². The van der Waals surface area contributed by atoms with E-state index in [1.165, 1.54) is 6.07 Å². The van der Waals surface area contributed by atoms with Crippen molar-refractivity contribution in [1.29, 1.82) is 0 Å². The number of hydrogen-bond donors (Lipinski definition) is 2. The van der Waals surface area contributed by atoms with Crippen LogP contribution in [-0.2, 0) is 4.74 Å². The molecule has 92 valence electrons. The second-order valence-electron chi connectivity index (χ2n) is 4.49. The molecular weight excluding hydrogens is 242 g/mol. The van der Waals surface area contributed by atoms with Crippen LogP contribution in [0.3, 0.4) is 0 Å². The number of carboxylic acid groups (broad SMARTS) is 1. The predicted molar refractivity (Wildman–Crippen MR) is 65.9 cm³/mol. The molecule has 1 heterocycles. The molecule has 0 aliphatic carbocycles. The average molecular weight is 256 g/mol. The second-order valence-corrected chi connectivity index (χ2v) is 4.90. The van der Waals surface area contributed by atoms with Crippen LogP contribution in [0.15, 0.2) is 18.2 Å². The van der Waals surface area contributed by atoms with Gasteiger partial charge in [0.2, 0.25) is 0 Å². The summed E-state index contributed by atoms with van der Waals surface area (Å²) in [7, 11) is 0. The van der Waals surface area contributed by atoms with Crippen molar-refractivity contribution in [2.24, 2.45) is 0 Å². The van der Waals surface area contributed by atoms with E-state index in [1.54, 1.807) is 12.1 Å². The zero-order valence-electron chi connectivity index (χ0n) is 9.50. The third kappa shape index (κ3) is 2.70. The SMILES string of the molecule is CC1(Nc2ccc(C(=O)O)c(Cl)c2)CCOC1. The normalized spacial score (nSPS) is 23.6. The van der Waals surface area contributed by atoms with Gasteiger partial charge < -0.3 is 15.2 Å². The molecule has 0 amide bonds. The molecule has 1 aromatic carbocycles. The van der Waals surface area contributed by atoms with Gasteiger partial charge in [-0.1, -0.05) is 11.6 Å². The molecule has 1 fully saturated rings. The lowest BCUT2D eigenvalue weighted by Gasteiger charge is -2.25. The summed E-state index contributed by atoms with van der Waals surface area (Å²) in [5, 5.41) is 12.4. The standard InChI is InChI=1S/C12H14ClNO3/c1-12(4-5-17-7-12)14-8-2-3-9(11(15)16)10(13)6-8/h2-3,6,14H,4-5,7H2,1H3,(H,15,16). The summed E-state index contributed by atoms with van der Waals surface area (Å²) >= 11 is 5.90. The van der Waals surface area contributed by atoms with E-state index < -0.39 is 5.97 Å². The fraction of sp³-hybridized carbons (Fsp3) is 0.417. The molecule has 0 aromatic heterocycles. The Morgan fingerprint density at radius 3 is 2.88 bits per heavy atom. The van der Waals surface area contributed by atoms with Gasteiger partial charge in [0.05, 0.1) is 22.7 Å². The van der Waals surface area contributed by atoms with Gasteiger partial charge >= 0.3 is 5.97 Å². The van der Waals surface area contributed by atoms with Gasteiger partial charge in [0.15, 0.2) is 0 Å². The van der Waals surface area contributed by atoms with E-state index in [-0.39, 0.29) is 16.1 Å². The Labute approximate surface area is 105 Å². The van der Waals surface area contributed by atoms with Crippen molar-refractivity contribution in [2.45, 2.75) is 18.9 Å². The van der Waals surface area contributed by atoms with Crippen LogP contribution in [0.4, 0.5) is 5.69 Å². The molecule has 0 spiro atoms. The Hall–Kier alpha value is -1.26. The Balaban J connectivity index is 2.17. The third-order valence-electron chi connectivity index (χ3n) is 2.86. The van der Waals surface area contributed by atoms with Gasteiger partial charge in [0.1, 0.15) is 0 Å². The van der Waals surface area contributed by atoms with Crippen LogP contribution in [0.25, 0.3) is 0 Å². The van der Waals surface area contributed by atoms with Gasteiger partial charge in [0.25, 0.3) is 0 Å². The van der Waals surface area contributed by atoms with E-state index in [0.717, 1.165) is 18.7 Å². The van der Waals surface area contributed by atoms with Gasteiger partial charge in [-0.15, -0.1) is 0 Å². The summed E-state index contributed by atoms with van der Waals surface area (Å²) in [4.78, 5) is 10.8. The van der Waals surface area contributed by atoms with Crippen molar-refractivity contribution in [1.82, 2.24) is 0 Å². The molecule has 1 aliphatic heterocycles. The maximum absolute atomic E-state index is 10.8. The molecule has 4 nitrogen and oxygen atoms in total. The van der Waals surface area contributed by atoms with Crippen LogP contribution in [0.1, 0.15) is 23.7 Å². The van der Waals surface area contributed by atoms with Crippen LogP contribution in [0, 0.1) is 0 Å². The Morgan fingerprint density at radius 1 is 1.59 bits per heavy atom. The summed E-state index contributed by atoms with van der Waals surface area (Å²) in [6, 6.07) is 4.86. The highest BCUT2D eigenvalue weighted by atomic mass is 35.5. The quantitative estimate of drug-likeness (QED) is 0.872. The van der Waals surface area contributed by atoms with Gasteiger partial charge in [-0.25, -0.2) is 4.79 Å². The lowest BCUT2D eigenvalue weighted by Crippen LogP contribution is -2.34. The molecule has 1 unspecified atom stereocenters. The first-order valence-corrected chi connectivity index (χ1v) is 5.77. The molecule has 2 N–H and O–H groups in total. The topological polar surface area (TPSA) is 58.6 Å². The molecule has 1 atom stereocenters. The number of nitrogens with one attached hydrogen (secondary N) is 1. The fourth-order valence-electron chi connectivity index (χ4n) is 1.88. The van der Waals surface area contributed by atoms with Crippen molar-refractivity contribution in [3.05, 3.63) is 28.8 Å². The largest absolute Gasteiger partial charge is 0.478 e. The molecule has 1 aliphatic rings. The number of carbonyl (C=O) groups is 1. The lowest BCUT2D eigenvalue weighted by molar-refractivity contribution is 0.0697. The van der Waals surface area contributed by atoms with Crippen molar-refractivity contribution in [2.75, 3.05) is 18.5 Å². The van der Waals surface area contributed by atoms with E-state index in [0.29, 0.717) is 6.61 Å². The molecule has 1 aromatic rings. The second kappa shape index (κ2) is 4.55. The first kappa shape index (κ1) is 12.2. The predicted octanol–water partition coefficient (Wildman–Crippen LogP) is 2.63. The molecule has 0 bridgehead atoms. The highest BCUT2D eigenvalue weighted by Gasteiger charge is 2.29. The molecular formula is C12H14ClNO3. The van der Waals surface area contributed by atoms with E-state index in [4.69, 9.17) is 21.4 Å². The van der Waals surface area contributed by atoms with Gasteiger partial charge in [-0.3, -0.25) is 0 Å². The van der Waals surface area contributed by atoms with Crippen LogP contribution >= 0.6 is 11.6 Å². The van der Waals surface area contributed by atoms with Crippen LogP contribution in [0.5, 0.6) is 0 Å². The number of rotatable bonds is 3. The van der Waals surface area contributed by atoms with Crippen molar-refractivity contribution < 1.29 is 14.6 Å². The van der Waals surface area contributed by atoms with Gasteiger partial charge in [-0.2, -0.15) is 0 Å². The zero-order chi connectivity index (χ0) is 12.5. The number of halogens is 1. The van der Waals surface area contributed by atoms with E-state index in [2.05, 4.69) is 12.2 Å². The Kier molecular flexibility index (Phi) is 3.26. The van der Waals surface area contributed by atoms with E-state index >= 15 is 0 Å². The minimum absolute atomic E-state index is 0.103. The fourth-order valence-corrected chi connectivity index (χ4v) is 2.14.